The second-order valence-corrected chi connectivity index (χ2v) is 7.84. The second-order valence-electron chi connectivity index (χ2n) is 7.84. The van der Waals surface area contributed by atoms with Crippen LogP contribution in [0.25, 0.3) is 27.7 Å². The molecule has 0 bridgehead atoms. The molecular weight excluding hydrogens is 380 g/mol. The van der Waals surface area contributed by atoms with Crippen LogP contribution in [0.3, 0.4) is 0 Å². The smallest absolute Gasteiger partial charge is 0.274 e. The van der Waals surface area contributed by atoms with Crippen molar-refractivity contribution in [3.63, 3.8) is 0 Å². The van der Waals surface area contributed by atoms with E-state index in [2.05, 4.69) is 15.3 Å². The number of fused-ring (bicyclic) bond motifs is 2. The number of hydrogen-bond acceptors (Lipinski definition) is 5. The number of carbonyl (C=O) groups excluding carboxylic acids is 1. The van der Waals surface area contributed by atoms with Crippen molar-refractivity contribution in [2.24, 2.45) is 4.99 Å². The van der Waals surface area contributed by atoms with Crippen molar-refractivity contribution in [1.82, 2.24) is 15.2 Å². The van der Waals surface area contributed by atoms with Gasteiger partial charge in [-0.25, -0.2) is 4.99 Å². The van der Waals surface area contributed by atoms with E-state index in [1.54, 1.807) is 24.3 Å². The maximum absolute atomic E-state index is 12.7. The molecule has 0 spiro atoms. The van der Waals surface area contributed by atoms with Crippen LogP contribution in [0, 0.1) is 0 Å². The predicted octanol–water partition coefficient (Wildman–Crippen LogP) is 1.27. The van der Waals surface area contributed by atoms with Gasteiger partial charge in [-0.3, -0.25) is 4.79 Å². The molecule has 0 saturated heterocycles. The molecule has 3 aromatic rings. The van der Waals surface area contributed by atoms with Gasteiger partial charge in [0, 0.05) is 28.6 Å². The van der Waals surface area contributed by atoms with E-state index < -0.39 is 0 Å². The number of aromatic hydroxyl groups is 2. The molecule has 1 aliphatic rings. The van der Waals surface area contributed by atoms with Crippen LogP contribution in [-0.4, -0.2) is 60.2 Å². The fraction of sp³-hybridized carbons (Fsp3) is 0.304. The number of carbonyl (C=O) groups is 1. The Hall–Kier alpha value is -3.16. The Kier molecular flexibility index (Phi) is 5.32. The molecule has 0 radical (unpaired) electrons. The summed E-state index contributed by atoms with van der Waals surface area (Å²) in [5.74, 6) is -0.0269. The van der Waals surface area contributed by atoms with Gasteiger partial charge in [0.1, 0.15) is 11.5 Å². The summed E-state index contributed by atoms with van der Waals surface area (Å²) in [7, 11) is 5.77. The van der Waals surface area contributed by atoms with E-state index in [1.165, 1.54) is 0 Å². The van der Waals surface area contributed by atoms with E-state index in [4.69, 9.17) is 0 Å². The van der Waals surface area contributed by atoms with Gasteiger partial charge in [0.25, 0.3) is 5.91 Å². The standard InChI is InChI=1S/C23H26N4O3/c1-24-11-9-13-19-16(5-4-6-17(19)28)25-21(13)15-7-8-18(29)20-14(10-12-27(2)3)23(30)26-22(15)20/h4-8,24-25,28-29H,9-12H2,1-3H3. The van der Waals surface area contributed by atoms with Gasteiger partial charge in [-0.2, -0.15) is 0 Å². The third-order valence-corrected chi connectivity index (χ3v) is 5.54. The fourth-order valence-electron chi connectivity index (χ4n) is 4.07. The van der Waals surface area contributed by atoms with Crippen LogP contribution in [0.15, 0.2) is 35.3 Å². The molecule has 0 saturated carbocycles. The molecule has 0 aliphatic carbocycles. The summed E-state index contributed by atoms with van der Waals surface area (Å²) in [6, 6.07) is 8.78. The quantitative estimate of drug-likeness (QED) is 0.473. The van der Waals surface area contributed by atoms with E-state index in [1.807, 2.05) is 32.1 Å². The second kappa shape index (κ2) is 7.93. The molecule has 1 aliphatic heterocycles. The summed E-state index contributed by atoms with van der Waals surface area (Å²) in [4.78, 5) is 22.4. The number of hydrogen-bond donors (Lipinski definition) is 4. The van der Waals surface area contributed by atoms with Crippen LogP contribution in [-0.2, 0) is 11.2 Å². The first kappa shape index (κ1) is 20.1. The molecule has 30 heavy (non-hydrogen) atoms. The number of phenolic OH excluding ortho intramolecular Hbond substituents is 2. The number of H-pyrrole nitrogens is 1. The topological polar surface area (TPSA) is 101 Å². The van der Waals surface area contributed by atoms with E-state index in [0.717, 1.165) is 34.3 Å². The van der Waals surface area contributed by atoms with E-state index in [0.29, 0.717) is 35.5 Å². The number of rotatable bonds is 7. The molecule has 1 amide bonds. The molecule has 2 heterocycles. The van der Waals surface area contributed by atoms with Gasteiger partial charge in [0.2, 0.25) is 0 Å². The summed E-state index contributed by atoms with van der Waals surface area (Å²) < 4.78 is 0. The number of phenols is 2. The summed E-state index contributed by atoms with van der Waals surface area (Å²) in [6.45, 7) is 1.41. The Balaban J connectivity index is 1.98. The lowest BCUT2D eigenvalue weighted by molar-refractivity contribution is -0.112. The normalized spacial score (nSPS) is 13.3. The summed E-state index contributed by atoms with van der Waals surface area (Å²) >= 11 is 0. The summed E-state index contributed by atoms with van der Waals surface area (Å²) in [5.41, 5.74) is 3.86. The molecule has 1 aromatic heterocycles. The van der Waals surface area contributed by atoms with Gasteiger partial charge >= 0.3 is 0 Å². The van der Waals surface area contributed by atoms with Crippen LogP contribution in [0.4, 0.5) is 0 Å². The van der Waals surface area contributed by atoms with Crippen LogP contribution < -0.4 is 15.9 Å². The zero-order valence-electron chi connectivity index (χ0n) is 17.4. The summed E-state index contributed by atoms with van der Waals surface area (Å²) in [6.07, 6.45) is 1.20. The maximum atomic E-state index is 12.7. The first-order valence-electron chi connectivity index (χ1n) is 10.0. The Morgan fingerprint density at radius 2 is 1.90 bits per heavy atom. The lowest BCUT2D eigenvalue weighted by Crippen LogP contribution is -2.27. The predicted molar refractivity (Wildman–Crippen MR) is 117 cm³/mol. The number of likely N-dealkylation sites (N-methyl/N-ethyl adjacent to an activating group) is 1. The Morgan fingerprint density at radius 1 is 1.10 bits per heavy atom. The van der Waals surface area contributed by atoms with Gasteiger partial charge in [0.05, 0.1) is 16.3 Å². The maximum Gasteiger partial charge on any atom is 0.274 e. The zero-order chi connectivity index (χ0) is 21.4. The van der Waals surface area contributed by atoms with Gasteiger partial charge < -0.3 is 25.4 Å². The summed E-state index contributed by atoms with van der Waals surface area (Å²) in [5, 5.41) is 26.0. The van der Waals surface area contributed by atoms with Crippen molar-refractivity contribution in [1.29, 1.82) is 0 Å². The molecule has 0 atom stereocenters. The minimum atomic E-state index is -0.301. The monoisotopic (exact) mass is 406 g/mol. The van der Waals surface area contributed by atoms with Crippen LogP contribution in [0.2, 0.25) is 0 Å². The Bertz CT molecular complexity index is 1260. The van der Waals surface area contributed by atoms with Crippen molar-refractivity contribution in [3.8, 4) is 22.8 Å². The highest BCUT2D eigenvalue weighted by atomic mass is 16.3. The highest BCUT2D eigenvalue weighted by molar-refractivity contribution is 6.16. The average molecular weight is 406 g/mol. The lowest BCUT2D eigenvalue weighted by atomic mass is 9.99. The minimum absolute atomic E-state index is 0.0628. The van der Waals surface area contributed by atoms with E-state index in [-0.39, 0.29) is 17.4 Å². The van der Waals surface area contributed by atoms with Gasteiger partial charge in [-0.15, -0.1) is 0 Å². The lowest BCUT2D eigenvalue weighted by Gasteiger charge is -2.09. The largest absolute Gasteiger partial charge is 0.507 e. The molecule has 7 nitrogen and oxygen atoms in total. The van der Waals surface area contributed by atoms with Gasteiger partial charge in [0.15, 0.2) is 0 Å². The van der Waals surface area contributed by atoms with E-state index in [9.17, 15) is 15.0 Å². The molecule has 156 valence electrons. The minimum Gasteiger partial charge on any atom is -0.507 e. The van der Waals surface area contributed by atoms with Crippen molar-refractivity contribution in [3.05, 3.63) is 46.5 Å². The van der Waals surface area contributed by atoms with Crippen LogP contribution in [0.5, 0.6) is 11.5 Å². The zero-order valence-corrected chi connectivity index (χ0v) is 17.4. The third kappa shape index (κ3) is 3.36. The molecule has 2 aromatic carbocycles. The van der Waals surface area contributed by atoms with Crippen LogP contribution >= 0.6 is 0 Å². The average Bonchev–Trinajstić information content (AvgIpc) is 3.24. The number of benzene rings is 2. The number of nitrogens with zero attached hydrogens (tertiary/aromatic N) is 2. The molecule has 0 fully saturated rings. The molecule has 4 rings (SSSR count). The molecule has 0 unspecified atom stereocenters. The van der Waals surface area contributed by atoms with Gasteiger partial charge in [-0.05, 0) is 70.4 Å². The van der Waals surface area contributed by atoms with Crippen molar-refractivity contribution < 1.29 is 15.0 Å². The first-order chi connectivity index (χ1) is 14.4. The van der Waals surface area contributed by atoms with Crippen molar-refractivity contribution in [2.75, 3.05) is 34.2 Å². The highest BCUT2D eigenvalue weighted by Crippen LogP contribution is 2.35. The van der Waals surface area contributed by atoms with Gasteiger partial charge in [-0.1, -0.05) is 6.07 Å². The molecule has 4 N–H and O–H groups in total. The first-order valence-corrected chi connectivity index (χ1v) is 10.0. The Morgan fingerprint density at radius 3 is 2.63 bits per heavy atom. The fourth-order valence-corrected chi connectivity index (χ4v) is 4.07. The van der Waals surface area contributed by atoms with E-state index >= 15 is 0 Å². The molecule has 7 heteroatoms. The molecular formula is C23H26N4O3. The number of nitrogens with one attached hydrogen (secondary N) is 2. The third-order valence-electron chi connectivity index (χ3n) is 5.54. The SMILES string of the molecule is CNCCc1c(-c2ccc(O)c3c2=NC(=O)C=3CCN(C)C)[nH]c2cccc(O)c12. The van der Waals surface area contributed by atoms with Crippen LogP contribution in [0.1, 0.15) is 12.0 Å². The Labute approximate surface area is 174 Å². The highest BCUT2D eigenvalue weighted by Gasteiger charge is 2.24. The number of aromatic nitrogens is 1. The number of amides is 1. The number of aromatic amines is 1. The van der Waals surface area contributed by atoms with Crippen molar-refractivity contribution in [2.45, 2.75) is 12.8 Å². The van der Waals surface area contributed by atoms with Crippen molar-refractivity contribution >= 4 is 22.4 Å².